The summed E-state index contributed by atoms with van der Waals surface area (Å²) in [5.41, 5.74) is 2.23. The number of benzene rings is 1. The van der Waals surface area contributed by atoms with E-state index in [1.807, 2.05) is 6.07 Å². The maximum Gasteiger partial charge on any atom is 0.123 e. The molecule has 1 aromatic carbocycles. The Morgan fingerprint density at radius 1 is 1.35 bits per heavy atom. The molecule has 1 aliphatic heterocycles. The Morgan fingerprint density at radius 2 is 2.15 bits per heavy atom. The molecular formula is C16H26FN3. The van der Waals surface area contributed by atoms with Gasteiger partial charge in [-0.1, -0.05) is 6.92 Å². The lowest BCUT2D eigenvalue weighted by Crippen LogP contribution is -2.38. The van der Waals surface area contributed by atoms with Gasteiger partial charge in [0.2, 0.25) is 0 Å². The third-order valence-electron chi connectivity index (χ3n) is 3.96. The average molecular weight is 279 g/mol. The lowest BCUT2D eigenvalue weighted by molar-refractivity contribution is 0.337. The van der Waals surface area contributed by atoms with Gasteiger partial charge in [0.1, 0.15) is 5.82 Å². The Bertz CT molecular complexity index is 436. The Morgan fingerprint density at radius 3 is 2.90 bits per heavy atom. The van der Waals surface area contributed by atoms with Gasteiger partial charge in [0.15, 0.2) is 0 Å². The number of likely N-dealkylation sites (N-methyl/N-ethyl adjacent to an activating group) is 1. The van der Waals surface area contributed by atoms with Gasteiger partial charge in [0, 0.05) is 31.4 Å². The quantitative estimate of drug-likeness (QED) is 0.913. The second kappa shape index (κ2) is 7.04. The molecule has 112 valence electrons. The summed E-state index contributed by atoms with van der Waals surface area (Å²) in [4.78, 5) is 4.80. The minimum atomic E-state index is -0.152. The Kier molecular flexibility index (Phi) is 5.38. The van der Waals surface area contributed by atoms with Gasteiger partial charge >= 0.3 is 0 Å². The van der Waals surface area contributed by atoms with Crippen molar-refractivity contribution in [1.82, 2.24) is 10.2 Å². The summed E-state index contributed by atoms with van der Waals surface area (Å²) < 4.78 is 13.5. The van der Waals surface area contributed by atoms with Crippen LogP contribution in [-0.2, 0) is 6.54 Å². The standard InChI is InChI=1S/C16H26FN3/c1-4-18-11-14-10-15(17)6-7-16(14)20-9-5-8-19(3)12-13(20)2/h6-7,10,13,18H,4-5,8-9,11-12H2,1-3H3. The van der Waals surface area contributed by atoms with Gasteiger partial charge in [-0.3, -0.25) is 0 Å². The van der Waals surface area contributed by atoms with Crippen molar-refractivity contribution in [3.05, 3.63) is 29.6 Å². The number of anilines is 1. The topological polar surface area (TPSA) is 18.5 Å². The van der Waals surface area contributed by atoms with Crippen molar-refractivity contribution in [3.8, 4) is 0 Å². The highest BCUT2D eigenvalue weighted by molar-refractivity contribution is 5.55. The first-order valence-corrected chi connectivity index (χ1v) is 7.56. The monoisotopic (exact) mass is 279 g/mol. The van der Waals surface area contributed by atoms with Crippen LogP contribution in [-0.4, -0.2) is 44.2 Å². The molecule has 0 spiro atoms. The zero-order chi connectivity index (χ0) is 14.5. The van der Waals surface area contributed by atoms with Crippen molar-refractivity contribution < 1.29 is 4.39 Å². The SMILES string of the molecule is CCNCc1cc(F)ccc1N1CCCN(C)CC1C. The third-order valence-corrected chi connectivity index (χ3v) is 3.96. The molecule has 0 saturated carbocycles. The summed E-state index contributed by atoms with van der Waals surface area (Å²) in [6.45, 7) is 9.17. The van der Waals surface area contributed by atoms with Crippen molar-refractivity contribution in [1.29, 1.82) is 0 Å². The molecule has 0 radical (unpaired) electrons. The molecule has 1 atom stereocenters. The van der Waals surface area contributed by atoms with E-state index >= 15 is 0 Å². The van der Waals surface area contributed by atoms with Gasteiger partial charge in [-0.15, -0.1) is 0 Å². The van der Waals surface area contributed by atoms with Crippen LogP contribution in [0.25, 0.3) is 0 Å². The molecule has 4 heteroatoms. The molecular weight excluding hydrogens is 253 g/mol. The maximum atomic E-state index is 13.5. The lowest BCUT2D eigenvalue weighted by atomic mass is 10.1. The van der Waals surface area contributed by atoms with E-state index in [0.29, 0.717) is 6.04 Å². The number of halogens is 1. The van der Waals surface area contributed by atoms with Crippen LogP contribution >= 0.6 is 0 Å². The number of rotatable bonds is 4. The first-order valence-electron chi connectivity index (χ1n) is 7.56. The van der Waals surface area contributed by atoms with Gasteiger partial charge < -0.3 is 15.1 Å². The second-order valence-corrected chi connectivity index (χ2v) is 5.71. The lowest BCUT2D eigenvalue weighted by Gasteiger charge is -2.32. The van der Waals surface area contributed by atoms with Crippen LogP contribution in [0, 0.1) is 5.82 Å². The van der Waals surface area contributed by atoms with E-state index in [1.54, 1.807) is 12.1 Å². The molecule has 1 saturated heterocycles. The van der Waals surface area contributed by atoms with Crippen molar-refractivity contribution in [2.24, 2.45) is 0 Å². The van der Waals surface area contributed by atoms with Crippen LogP contribution in [0.4, 0.5) is 10.1 Å². The molecule has 20 heavy (non-hydrogen) atoms. The first kappa shape index (κ1) is 15.3. The number of nitrogens with one attached hydrogen (secondary N) is 1. The van der Waals surface area contributed by atoms with Crippen LogP contribution in [0.5, 0.6) is 0 Å². The summed E-state index contributed by atoms with van der Waals surface area (Å²) in [6.07, 6.45) is 1.15. The Hall–Kier alpha value is -1.13. The fraction of sp³-hybridized carbons (Fsp3) is 0.625. The van der Waals surface area contributed by atoms with Crippen LogP contribution in [0.3, 0.4) is 0 Å². The highest BCUT2D eigenvalue weighted by atomic mass is 19.1. The van der Waals surface area contributed by atoms with E-state index < -0.39 is 0 Å². The minimum Gasteiger partial charge on any atom is -0.367 e. The van der Waals surface area contributed by atoms with Crippen LogP contribution in [0.15, 0.2) is 18.2 Å². The van der Waals surface area contributed by atoms with Gasteiger partial charge in [-0.25, -0.2) is 4.39 Å². The minimum absolute atomic E-state index is 0.152. The molecule has 1 unspecified atom stereocenters. The van der Waals surface area contributed by atoms with Gasteiger partial charge in [0.05, 0.1) is 0 Å². The zero-order valence-electron chi connectivity index (χ0n) is 12.8. The largest absolute Gasteiger partial charge is 0.367 e. The fourth-order valence-corrected chi connectivity index (χ4v) is 2.97. The van der Waals surface area contributed by atoms with Gasteiger partial charge in [-0.2, -0.15) is 0 Å². The van der Waals surface area contributed by atoms with E-state index in [2.05, 4.69) is 36.0 Å². The number of nitrogens with zero attached hydrogens (tertiary/aromatic N) is 2. The Balaban J connectivity index is 2.25. The fourth-order valence-electron chi connectivity index (χ4n) is 2.97. The molecule has 2 rings (SSSR count). The molecule has 1 aromatic rings. The molecule has 0 aromatic heterocycles. The highest BCUT2D eigenvalue weighted by Crippen LogP contribution is 2.25. The predicted molar refractivity (Wildman–Crippen MR) is 82.7 cm³/mol. The highest BCUT2D eigenvalue weighted by Gasteiger charge is 2.21. The Labute approximate surface area is 121 Å². The summed E-state index contributed by atoms with van der Waals surface area (Å²) in [5, 5.41) is 3.31. The molecule has 3 nitrogen and oxygen atoms in total. The van der Waals surface area contributed by atoms with Crippen LogP contribution in [0.2, 0.25) is 0 Å². The molecule has 1 aliphatic rings. The molecule has 0 bridgehead atoms. The molecule has 1 N–H and O–H groups in total. The normalized spacial score (nSPS) is 21.0. The number of hydrogen-bond acceptors (Lipinski definition) is 3. The molecule has 0 amide bonds. The average Bonchev–Trinajstić information content (AvgIpc) is 2.57. The van der Waals surface area contributed by atoms with E-state index in [4.69, 9.17) is 0 Å². The zero-order valence-corrected chi connectivity index (χ0v) is 12.8. The van der Waals surface area contributed by atoms with E-state index in [1.165, 1.54) is 5.69 Å². The van der Waals surface area contributed by atoms with Crippen molar-refractivity contribution in [3.63, 3.8) is 0 Å². The van der Waals surface area contributed by atoms with Crippen molar-refractivity contribution in [2.45, 2.75) is 32.9 Å². The molecule has 1 fully saturated rings. The third kappa shape index (κ3) is 3.70. The smallest absolute Gasteiger partial charge is 0.123 e. The van der Waals surface area contributed by atoms with Gasteiger partial charge in [-0.05, 0) is 57.2 Å². The summed E-state index contributed by atoms with van der Waals surface area (Å²) in [7, 11) is 2.17. The van der Waals surface area contributed by atoms with Crippen molar-refractivity contribution in [2.75, 3.05) is 38.1 Å². The first-order chi connectivity index (χ1) is 9.61. The predicted octanol–water partition coefficient (Wildman–Crippen LogP) is 2.47. The molecule has 0 aliphatic carbocycles. The second-order valence-electron chi connectivity index (χ2n) is 5.71. The summed E-state index contributed by atoms with van der Waals surface area (Å²) in [5.74, 6) is -0.152. The van der Waals surface area contributed by atoms with Gasteiger partial charge in [0.25, 0.3) is 0 Å². The van der Waals surface area contributed by atoms with Crippen LogP contribution < -0.4 is 10.2 Å². The van der Waals surface area contributed by atoms with E-state index in [-0.39, 0.29) is 5.82 Å². The maximum absolute atomic E-state index is 13.5. The van der Waals surface area contributed by atoms with E-state index in [0.717, 1.165) is 44.7 Å². The molecule has 1 heterocycles. The summed E-state index contributed by atoms with van der Waals surface area (Å²) >= 11 is 0. The summed E-state index contributed by atoms with van der Waals surface area (Å²) in [6, 6.07) is 5.63. The van der Waals surface area contributed by atoms with E-state index in [9.17, 15) is 4.39 Å². The van der Waals surface area contributed by atoms with Crippen LogP contribution in [0.1, 0.15) is 25.8 Å². The van der Waals surface area contributed by atoms with Crippen molar-refractivity contribution >= 4 is 5.69 Å². The number of hydrogen-bond donors (Lipinski definition) is 1.